The van der Waals surface area contributed by atoms with Crippen molar-refractivity contribution < 1.29 is 17.5 Å². The van der Waals surface area contributed by atoms with Gasteiger partial charge in [0.25, 0.3) is 0 Å². The molecule has 0 atom stereocenters. The molecule has 0 aliphatic carbocycles. The van der Waals surface area contributed by atoms with Crippen molar-refractivity contribution in [1.82, 2.24) is 4.31 Å². The Morgan fingerprint density at radius 3 is 2.75 bits per heavy atom. The molecule has 0 bridgehead atoms. The summed E-state index contributed by atoms with van der Waals surface area (Å²) < 4.78 is 44.3. The second-order valence-electron chi connectivity index (χ2n) is 4.59. The fourth-order valence-corrected chi connectivity index (χ4v) is 3.48. The SMILES string of the molecule is COCC1=CCN(S(=O)(=O)c2ccc(F)c(N)c2)CC1. The number of sulfonamides is 1. The maximum Gasteiger partial charge on any atom is 0.243 e. The molecule has 0 amide bonds. The van der Waals surface area contributed by atoms with Gasteiger partial charge in [-0.25, -0.2) is 12.8 Å². The number of hydrogen-bond donors (Lipinski definition) is 1. The molecule has 0 saturated heterocycles. The first-order chi connectivity index (χ1) is 9.45. The molecule has 1 aliphatic heterocycles. The van der Waals surface area contributed by atoms with Gasteiger partial charge in [0, 0.05) is 20.2 Å². The fourth-order valence-electron chi connectivity index (χ4n) is 2.06. The zero-order valence-corrected chi connectivity index (χ0v) is 12.0. The van der Waals surface area contributed by atoms with Gasteiger partial charge in [0.1, 0.15) is 5.82 Å². The average Bonchev–Trinajstić information content (AvgIpc) is 2.43. The van der Waals surface area contributed by atoms with Crippen LogP contribution in [-0.2, 0) is 14.8 Å². The highest BCUT2D eigenvalue weighted by Gasteiger charge is 2.26. The maximum atomic E-state index is 13.1. The zero-order valence-electron chi connectivity index (χ0n) is 11.2. The first-order valence-corrected chi connectivity index (χ1v) is 7.61. The van der Waals surface area contributed by atoms with Crippen molar-refractivity contribution in [3.63, 3.8) is 0 Å². The number of nitrogens with two attached hydrogens (primary N) is 1. The van der Waals surface area contributed by atoms with E-state index in [0.29, 0.717) is 19.6 Å². The van der Waals surface area contributed by atoms with Gasteiger partial charge in [-0.2, -0.15) is 4.31 Å². The molecule has 0 unspecified atom stereocenters. The van der Waals surface area contributed by atoms with E-state index in [1.54, 1.807) is 7.11 Å². The van der Waals surface area contributed by atoms with Gasteiger partial charge in [-0.3, -0.25) is 0 Å². The lowest BCUT2D eigenvalue weighted by molar-refractivity contribution is 0.219. The van der Waals surface area contributed by atoms with Gasteiger partial charge < -0.3 is 10.5 Å². The van der Waals surface area contributed by atoms with Crippen LogP contribution in [0.15, 0.2) is 34.7 Å². The van der Waals surface area contributed by atoms with Crippen LogP contribution in [0.4, 0.5) is 10.1 Å². The zero-order chi connectivity index (χ0) is 14.8. The van der Waals surface area contributed by atoms with Crippen LogP contribution in [0.2, 0.25) is 0 Å². The van der Waals surface area contributed by atoms with E-state index >= 15 is 0 Å². The van der Waals surface area contributed by atoms with Crippen molar-refractivity contribution in [2.75, 3.05) is 32.5 Å². The highest BCUT2D eigenvalue weighted by atomic mass is 32.2. The molecule has 7 heteroatoms. The van der Waals surface area contributed by atoms with E-state index in [1.165, 1.54) is 10.4 Å². The third kappa shape index (κ3) is 3.00. The van der Waals surface area contributed by atoms with E-state index in [1.807, 2.05) is 6.08 Å². The maximum absolute atomic E-state index is 13.1. The van der Waals surface area contributed by atoms with Crippen LogP contribution in [0.5, 0.6) is 0 Å². The van der Waals surface area contributed by atoms with Gasteiger partial charge in [0.15, 0.2) is 0 Å². The number of ether oxygens (including phenoxy) is 1. The van der Waals surface area contributed by atoms with Crippen molar-refractivity contribution in [1.29, 1.82) is 0 Å². The summed E-state index contributed by atoms with van der Waals surface area (Å²) >= 11 is 0. The molecule has 5 nitrogen and oxygen atoms in total. The van der Waals surface area contributed by atoms with Gasteiger partial charge in [0.2, 0.25) is 10.0 Å². The minimum atomic E-state index is -3.64. The largest absolute Gasteiger partial charge is 0.396 e. The van der Waals surface area contributed by atoms with Crippen molar-refractivity contribution in [3.8, 4) is 0 Å². The summed E-state index contributed by atoms with van der Waals surface area (Å²) in [5.41, 5.74) is 6.34. The van der Waals surface area contributed by atoms with Crippen molar-refractivity contribution in [2.24, 2.45) is 0 Å². The number of hydrogen-bond acceptors (Lipinski definition) is 4. The van der Waals surface area contributed by atoms with Gasteiger partial charge in [-0.05, 0) is 30.2 Å². The lowest BCUT2D eigenvalue weighted by Crippen LogP contribution is -2.35. The number of halogens is 1. The number of benzene rings is 1. The lowest BCUT2D eigenvalue weighted by Gasteiger charge is -2.25. The van der Waals surface area contributed by atoms with E-state index in [4.69, 9.17) is 10.5 Å². The predicted octanol–water partition coefficient (Wildman–Crippen LogP) is 1.38. The van der Waals surface area contributed by atoms with E-state index in [-0.39, 0.29) is 17.1 Å². The van der Waals surface area contributed by atoms with Crippen molar-refractivity contribution >= 4 is 15.7 Å². The number of anilines is 1. The Morgan fingerprint density at radius 2 is 2.20 bits per heavy atom. The van der Waals surface area contributed by atoms with Gasteiger partial charge in [-0.1, -0.05) is 6.08 Å². The minimum Gasteiger partial charge on any atom is -0.396 e. The van der Waals surface area contributed by atoms with E-state index in [0.717, 1.165) is 17.7 Å². The average molecular weight is 300 g/mol. The summed E-state index contributed by atoms with van der Waals surface area (Å²) in [6, 6.07) is 3.45. The van der Waals surface area contributed by atoms with Crippen LogP contribution in [0.3, 0.4) is 0 Å². The molecule has 2 N–H and O–H groups in total. The summed E-state index contributed by atoms with van der Waals surface area (Å²) in [6.07, 6.45) is 2.47. The van der Waals surface area contributed by atoms with Crippen LogP contribution < -0.4 is 5.73 Å². The standard InChI is InChI=1S/C13H17FN2O3S/c1-19-9-10-4-6-16(7-5-10)20(17,18)11-2-3-12(14)13(15)8-11/h2-4,8H,5-7,9,15H2,1H3. The highest BCUT2D eigenvalue weighted by molar-refractivity contribution is 7.89. The number of rotatable bonds is 4. The molecule has 1 aromatic rings. The van der Waals surface area contributed by atoms with Gasteiger partial charge in [-0.15, -0.1) is 0 Å². The highest BCUT2D eigenvalue weighted by Crippen LogP contribution is 2.23. The van der Waals surface area contributed by atoms with Gasteiger partial charge in [0.05, 0.1) is 17.2 Å². The summed E-state index contributed by atoms with van der Waals surface area (Å²) in [6.45, 7) is 1.19. The number of methoxy groups -OCH3 is 1. The Labute approximate surface area is 117 Å². The van der Waals surface area contributed by atoms with Crippen LogP contribution in [0.1, 0.15) is 6.42 Å². The Morgan fingerprint density at radius 1 is 1.45 bits per heavy atom. The molecule has 2 rings (SSSR count). The molecule has 0 radical (unpaired) electrons. The van der Waals surface area contributed by atoms with Crippen molar-refractivity contribution in [3.05, 3.63) is 35.7 Å². The van der Waals surface area contributed by atoms with Crippen LogP contribution in [0.25, 0.3) is 0 Å². The summed E-state index contributed by atoms with van der Waals surface area (Å²) in [4.78, 5) is 0.0139. The smallest absolute Gasteiger partial charge is 0.243 e. The monoisotopic (exact) mass is 300 g/mol. The Balaban J connectivity index is 2.21. The Kier molecular flexibility index (Phi) is 4.42. The fraction of sp³-hybridized carbons (Fsp3) is 0.385. The van der Waals surface area contributed by atoms with E-state index < -0.39 is 15.8 Å². The summed E-state index contributed by atoms with van der Waals surface area (Å²) in [7, 11) is -2.04. The molecular formula is C13H17FN2O3S. The first kappa shape index (κ1) is 15.0. The number of nitrogens with zero attached hydrogens (tertiary/aromatic N) is 1. The molecule has 0 saturated carbocycles. The molecule has 110 valence electrons. The first-order valence-electron chi connectivity index (χ1n) is 6.17. The molecule has 1 aliphatic rings. The van der Waals surface area contributed by atoms with E-state index in [9.17, 15) is 12.8 Å². The molecule has 20 heavy (non-hydrogen) atoms. The van der Waals surface area contributed by atoms with Crippen LogP contribution >= 0.6 is 0 Å². The topological polar surface area (TPSA) is 72.6 Å². The van der Waals surface area contributed by atoms with Crippen LogP contribution in [-0.4, -0.2) is 39.5 Å². The Hall–Kier alpha value is -1.44. The van der Waals surface area contributed by atoms with Crippen LogP contribution in [0, 0.1) is 5.82 Å². The summed E-state index contributed by atoms with van der Waals surface area (Å²) in [5, 5.41) is 0. The Bertz CT molecular complexity index is 629. The second-order valence-corrected chi connectivity index (χ2v) is 6.53. The van der Waals surface area contributed by atoms with Gasteiger partial charge >= 0.3 is 0 Å². The van der Waals surface area contributed by atoms with E-state index in [2.05, 4.69) is 0 Å². The molecule has 1 heterocycles. The molecule has 1 aromatic carbocycles. The third-order valence-corrected chi connectivity index (χ3v) is 5.06. The minimum absolute atomic E-state index is 0.0139. The lowest BCUT2D eigenvalue weighted by atomic mass is 10.1. The van der Waals surface area contributed by atoms with Crippen molar-refractivity contribution in [2.45, 2.75) is 11.3 Å². The normalized spacial score (nSPS) is 17.0. The molecule has 0 spiro atoms. The third-order valence-electron chi connectivity index (χ3n) is 3.20. The molecule has 0 fully saturated rings. The quantitative estimate of drug-likeness (QED) is 0.673. The number of nitrogen functional groups attached to an aromatic ring is 1. The predicted molar refractivity (Wildman–Crippen MR) is 74.1 cm³/mol. The molecule has 0 aromatic heterocycles. The molecular weight excluding hydrogens is 283 g/mol. The summed E-state index contributed by atoms with van der Waals surface area (Å²) in [5.74, 6) is -0.620. The second kappa shape index (κ2) is 5.90.